The number of carbonyl (C=O) groups is 1. The third-order valence-corrected chi connectivity index (χ3v) is 5.83. The van der Waals surface area contributed by atoms with Gasteiger partial charge in [-0.1, -0.05) is 35.1 Å². The van der Waals surface area contributed by atoms with Gasteiger partial charge in [-0.25, -0.2) is 4.98 Å². The molecule has 2 aliphatic rings. The van der Waals surface area contributed by atoms with Crippen molar-refractivity contribution < 1.29 is 19.0 Å². The zero-order valence-corrected chi connectivity index (χ0v) is 15.8. The molecule has 3 aromatic rings. The minimum absolute atomic E-state index is 0.0370. The van der Waals surface area contributed by atoms with E-state index in [0.29, 0.717) is 35.5 Å². The minimum Gasteiger partial charge on any atom is -0.463 e. The van der Waals surface area contributed by atoms with Crippen LogP contribution >= 0.6 is 22.9 Å². The van der Waals surface area contributed by atoms with Gasteiger partial charge in [0.05, 0.1) is 29.2 Å². The van der Waals surface area contributed by atoms with Crippen LogP contribution in [0.15, 0.2) is 36.4 Å². The van der Waals surface area contributed by atoms with E-state index in [1.165, 1.54) is 11.3 Å². The Bertz CT molecular complexity index is 1030. The summed E-state index contributed by atoms with van der Waals surface area (Å²) in [6.45, 7) is 1.36. The first-order valence-electron chi connectivity index (χ1n) is 8.54. The number of para-hydroxylation sites is 1. The molecule has 0 N–H and O–H groups in total. The number of carbonyl (C=O) groups excluding carboxylic acids is 1. The van der Waals surface area contributed by atoms with E-state index < -0.39 is 0 Å². The molecule has 1 amide bonds. The predicted octanol–water partition coefficient (Wildman–Crippen LogP) is 3.51. The molecular formula is C19H15ClN2O4S. The molecule has 8 heteroatoms. The first-order chi connectivity index (χ1) is 13.2. The van der Waals surface area contributed by atoms with Crippen molar-refractivity contribution in [2.24, 2.45) is 0 Å². The Labute approximate surface area is 164 Å². The van der Waals surface area contributed by atoms with Crippen molar-refractivity contribution in [2.75, 3.05) is 19.9 Å². The van der Waals surface area contributed by atoms with Gasteiger partial charge in [0.2, 0.25) is 12.7 Å². The van der Waals surface area contributed by atoms with Gasteiger partial charge in [-0.3, -0.25) is 4.79 Å². The van der Waals surface area contributed by atoms with Crippen molar-refractivity contribution in [3.05, 3.63) is 47.0 Å². The number of hydrogen-bond donors (Lipinski definition) is 0. The number of fused-ring (bicyclic) bond motifs is 2. The number of benzene rings is 2. The number of amides is 1. The normalized spacial score (nSPS) is 15.8. The molecule has 0 bridgehead atoms. The first-order valence-corrected chi connectivity index (χ1v) is 9.73. The van der Waals surface area contributed by atoms with Gasteiger partial charge in [-0.05, 0) is 29.8 Å². The lowest BCUT2D eigenvalue weighted by Gasteiger charge is -2.38. The average molecular weight is 403 g/mol. The number of ether oxygens (including phenoxy) is 3. The molecule has 5 rings (SSSR count). The molecule has 6 nitrogen and oxygen atoms in total. The summed E-state index contributed by atoms with van der Waals surface area (Å²) in [5.74, 6) is 1.49. The molecule has 3 heterocycles. The van der Waals surface area contributed by atoms with E-state index in [2.05, 4.69) is 4.98 Å². The van der Waals surface area contributed by atoms with E-state index in [-0.39, 0.29) is 18.8 Å². The standard InChI is InChI=1S/C19H15ClN2O4S/c20-13-2-1-3-16-18(13)21-19(27-16)26-12-8-22(9-12)17(23)7-11-4-5-14-15(6-11)25-10-24-14/h1-6,12H,7-10H2. The average Bonchev–Trinajstić information content (AvgIpc) is 3.24. The summed E-state index contributed by atoms with van der Waals surface area (Å²) in [6.07, 6.45) is 0.296. The quantitative estimate of drug-likeness (QED) is 0.668. The molecule has 0 spiro atoms. The lowest BCUT2D eigenvalue weighted by atomic mass is 10.1. The molecule has 0 radical (unpaired) electrons. The fourth-order valence-corrected chi connectivity index (χ4v) is 4.32. The van der Waals surface area contributed by atoms with E-state index in [1.54, 1.807) is 4.90 Å². The smallest absolute Gasteiger partial charge is 0.274 e. The first kappa shape index (κ1) is 16.6. The Morgan fingerprint density at radius 3 is 2.96 bits per heavy atom. The van der Waals surface area contributed by atoms with E-state index in [9.17, 15) is 4.79 Å². The van der Waals surface area contributed by atoms with Crippen molar-refractivity contribution in [1.29, 1.82) is 0 Å². The maximum absolute atomic E-state index is 12.4. The summed E-state index contributed by atoms with van der Waals surface area (Å²) in [5.41, 5.74) is 1.67. The van der Waals surface area contributed by atoms with Gasteiger partial charge < -0.3 is 19.1 Å². The summed E-state index contributed by atoms with van der Waals surface area (Å²) < 4.78 is 17.5. The Balaban J connectivity index is 1.17. The number of nitrogens with zero attached hydrogens (tertiary/aromatic N) is 2. The fraction of sp³-hybridized carbons (Fsp3) is 0.263. The second-order valence-corrected chi connectivity index (χ2v) is 7.87. The largest absolute Gasteiger partial charge is 0.463 e. The summed E-state index contributed by atoms with van der Waals surface area (Å²) in [5, 5.41) is 1.21. The highest BCUT2D eigenvalue weighted by molar-refractivity contribution is 7.20. The van der Waals surface area contributed by atoms with Crippen LogP contribution in [0.25, 0.3) is 10.2 Å². The summed E-state index contributed by atoms with van der Waals surface area (Å²) in [4.78, 5) is 18.7. The van der Waals surface area contributed by atoms with Crippen LogP contribution in [0, 0.1) is 0 Å². The van der Waals surface area contributed by atoms with Crippen LogP contribution in [-0.4, -0.2) is 41.8 Å². The van der Waals surface area contributed by atoms with Crippen LogP contribution in [0.2, 0.25) is 5.02 Å². The van der Waals surface area contributed by atoms with Gasteiger partial charge in [0.1, 0.15) is 11.6 Å². The number of hydrogen-bond acceptors (Lipinski definition) is 6. The Hall–Kier alpha value is -2.51. The molecule has 0 unspecified atom stereocenters. The molecule has 138 valence electrons. The van der Waals surface area contributed by atoms with Crippen molar-refractivity contribution in [3.63, 3.8) is 0 Å². The molecule has 0 atom stereocenters. The van der Waals surface area contributed by atoms with Gasteiger partial charge >= 0.3 is 0 Å². The molecule has 27 heavy (non-hydrogen) atoms. The van der Waals surface area contributed by atoms with Crippen molar-refractivity contribution in [3.8, 4) is 16.7 Å². The third kappa shape index (κ3) is 3.17. The number of aromatic nitrogens is 1. The summed E-state index contributed by atoms with van der Waals surface area (Å²) >= 11 is 7.62. The Morgan fingerprint density at radius 2 is 2.11 bits per heavy atom. The minimum atomic E-state index is -0.0370. The SMILES string of the molecule is O=C(Cc1ccc2c(c1)OCO2)N1CC(Oc2nc3c(Cl)cccc3s2)C1. The van der Waals surface area contributed by atoms with E-state index in [4.69, 9.17) is 25.8 Å². The van der Waals surface area contributed by atoms with Crippen LogP contribution in [0.1, 0.15) is 5.56 Å². The van der Waals surface area contributed by atoms with E-state index in [0.717, 1.165) is 21.5 Å². The number of halogens is 1. The Morgan fingerprint density at radius 1 is 1.26 bits per heavy atom. The fourth-order valence-electron chi connectivity index (χ4n) is 3.14. The highest BCUT2D eigenvalue weighted by Crippen LogP contribution is 2.34. The van der Waals surface area contributed by atoms with Crippen molar-refractivity contribution in [1.82, 2.24) is 9.88 Å². The summed E-state index contributed by atoms with van der Waals surface area (Å²) in [7, 11) is 0. The van der Waals surface area contributed by atoms with Crippen LogP contribution in [-0.2, 0) is 11.2 Å². The molecular weight excluding hydrogens is 388 g/mol. The number of likely N-dealkylation sites (tertiary alicyclic amines) is 1. The number of rotatable bonds is 4. The molecule has 0 aliphatic carbocycles. The number of thiazole rings is 1. The highest BCUT2D eigenvalue weighted by atomic mass is 35.5. The van der Waals surface area contributed by atoms with Crippen LogP contribution < -0.4 is 14.2 Å². The molecule has 1 fully saturated rings. The highest BCUT2D eigenvalue weighted by Gasteiger charge is 2.33. The van der Waals surface area contributed by atoms with Crippen molar-refractivity contribution in [2.45, 2.75) is 12.5 Å². The zero-order chi connectivity index (χ0) is 18.4. The zero-order valence-electron chi connectivity index (χ0n) is 14.2. The maximum atomic E-state index is 12.4. The topological polar surface area (TPSA) is 60.9 Å². The van der Waals surface area contributed by atoms with E-state index >= 15 is 0 Å². The van der Waals surface area contributed by atoms with Gasteiger partial charge in [0.25, 0.3) is 5.19 Å². The van der Waals surface area contributed by atoms with Gasteiger partial charge in [0.15, 0.2) is 11.5 Å². The molecule has 0 saturated carbocycles. The maximum Gasteiger partial charge on any atom is 0.274 e. The van der Waals surface area contributed by atoms with Gasteiger partial charge in [-0.15, -0.1) is 0 Å². The molecule has 1 saturated heterocycles. The van der Waals surface area contributed by atoms with Crippen LogP contribution in [0.4, 0.5) is 0 Å². The molecule has 2 aliphatic heterocycles. The molecule has 2 aromatic carbocycles. The lowest BCUT2D eigenvalue weighted by Crippen LogP contribution is -2.56. The van der Waals surface area contributed by atoms with Crippen LogP contribution in [0.5, 0.6) is 16.7 Å². The second-order valence-electron chi connectivity index (χ2n) is 6.47. The van der Waals surface area contributed by atoms with Gasteiger partial charge in [-0.2, -0.15) is 0 Å². The van der Waals surface area contributed by atoms with Gasteiger partial charge in [0, 0.05) is 0 Å². The molecule has 1 aromatic heterocycles. The Kier molecular flexibility index (Phi) is 4.06. The third-order valence-electron chi connectivity index (χ3n) is 4.61. The lowest BCUT2D eigenvalue weighted by molar-refractivity contribution is -0.139. The second kappa shape index (κ2) is 6.58. The van der Waals surface area contributed by atoms with E-state index in [1.807, 2.05) is 36.4 Å². The van der Waals surface area contributed by atoms with Crippen LogP contribution in [0.3, 0.4) is 0 Å². The predicted molar refractivity (Wildman–Crippen MR) is 102 cm³/mol. The van der Waals surface area contributed by atoms with Crippen molar-refractivity contribution >= 4 is 39.1 Å². The summed E-state index contributed by atoms with van der Waals surface area (Å²) in [6, 6.07) is 11.3. The monoisotopic (exact) mass is 402 g/mol.